The van der Waals surface area contributed by atoms with Crippen molar-refractivity contribution >= 4 is 29.9 Å². The van der Waals surface area contributed by atoms with Crippen molar-refractivity contribution in [2.75, 3.05) is 26.2 Å². The molecular formula is C22H28Cl2N2O2. The number of hydrogen-bond donors (Lipinski definition) is 1. The summed E-state index contributed by atoms with van der Waals surface area (Å²) >= 11 is 6.44. The highest BCUT2D eigenvalue weighted by molar-refractivity contribution is 6.31. The van der Waals surface area contributed by atoms with Crippen molar-refractivity contribution in [3.8, 4) is 5.75 Å². The number of likely N-dealkylation sites (tertiary alicyclic amines) is 1. The van der Waals surface area contributed by atoms with E-state index < -0.39 is 0 Å². The fourth-order valence-electron chi connectivity index (χ4n) is 3.45. The maximum absolute atomic E-state index is 12.6. The van der Waals surface area contributed by atoms with Crippen LogP contribution in [0.1, 0.15) is 48.1 Å². The Bertz CT molecular complexity index is 746. The van der Waals surface area contributed by atoms with Crippen molar-refractivity contribution in [2.45, 2.75) is 32.2 Å². The summed E-state index contributed by atoms with van der Waals surface area (Å²) in [6, 6.07) is 15.3. The van der Waals surface area contributed by atoms with Gasteiger partial charge in [0.15, 0.2) is 0 Å². The summed E-state index contributed by atoms with van der Waals surface area (Å²) in [6.45, 7) is 5.36. The summed E-state index contributed by atoms with van der Waals surface area (Å²) in [6.07, 6.45) is 3.34. The van der Waals surface area contributed by atoms with Crippen LogP contribution in [0.2, 0.25) is 5.02 Å². The molecule has 1 N–H and O–H groups in total. The summed E-state index contributed by atoms with van der Waals surface area (Å²) in [4.78, 5) is 15.0. The molecule has 1 saturated heterocycles. The zero-order valence-electron chi connectivity index (χ0n) is 16.2. The molecule has 0 spiro atoms. The molecule has 152 valence electrons. The maximum Gasteiger partial charge on any atom is 0.251 e. The molecule has 0 bridgehead atoms. The molecule has 0 radical (unpaired) electrons. The number of hydrogen-bond acceptors (Lipinski definition) is 3. The first-order chi connectivity index (χ1) is 13.2. The van der Waals surface area contributed by atoms with Crippen molar-refractivity contribution in [1.29, 1.82) is 0 Å². The maximum atomic E-state index is 12.6. The SMILES string of the molecule is CCCOc1ccc(C(=O)NCC(c2ccccc2Cl)N2CCCC2)cc1.Cl. The lowest BCUT2D eigenvalue weighted by molar-refractivity contribution is 0.0938. The molecule has 0 saturated carbocycles. The van der Waals surface area contributed by atoms with Gasteiger partial charge in [-0.25, -0.2) is 0 Å². The Morgan fingerprint density at radius 2 is 1.82 bits per heavy atom. The number of rotatable bonds is 8. The van der Waals surface area contributed by atoms with Crippen molar-refractivity contribution in [3.63, 3.8) is 0 Å². The first kappa shape index (κ1) is 22.5. The fraction of sp³-hybridized carbons (Fsp3) is 0.409. The molecule has 0 aliphatic carbocycles. The van der Waals surface area contributed by atoms with E-state index in [1.54, 1.807) is 12.1 Å². The minimum Gasteiger partial charge on any atom is -0.494 e. The van der Waals surface area contributed by atoms with Gasteiger partial charge in [0.05, 0.1) is 12.6 Å². The van der Waals surface area contributed by atoms with Gasteiger partial charge in [-0.1, -0.05) is 36.7 Å². The Balaban J connectivity index is 0.00000280. The highest BCUT2D eigenvalue weighted by Gasteiger charge is 2.25. The van der Waals surface area contributed by atoms with Gasteiger partial charge < -0.3 is 10.1 Å². The molecule has 2 aromatic rings. The van der Waals surface area contributed by atoms with Crippen LogP contribution in [0.4, 0.5) is 0 Å². The molecule has 1 unspecified atom stereocenters. The molecule has 1 aliphatic heterocycles. The molecule has 4 nitrogen and oxygen atoms in total. The van der Waals surface area contributed by atoms with E-state index in [1.807, 2.05) is 30.3 Å². The van der Waals surface area contributed by atoms with Crippen molar-refractivity contribution in [1.82, 2.24) is 10.2 Å². The molecule has 1 aliphatic rings. The smallest absolute Gasteiger partial charge is 0.251 e. The van der Waals surface area contributed by atoms with Gasteiger partial charge in [0.2, 0.25) is 0 Å². The van der Waals surface area contributed by atoms with Gasteiger partial charge in [-0.3, -0.25) is 9.69 Å². The van der Waals surface area contributed by atoms with Gasteiger partial charge in [0.25, 0.3) is 5.91 Å². The van der Waals surface area contributed by atoms with Crippen LogP contribution >= 0.6 is 24.0 Å². The Kier molecular flexibility index (Phi) is 9.10. The second kappa shape index (κ2) is 11.3. The largest absolute Gasteiger partial charge is 0.494 e. The molecule has 1 amide bonds. The number of nitrogens with zero attached hydrogens (tertiary/aromatic N) is 1. The molecular weight excluding hydrogens is 395 g/mol. The van der Waals surface area contributed by atoms with Gasteiger partial charge in [0, 0.05) is 17.1 Å². The fourth-order valence-corrected chi connectivity index (χ4v) is 3.71. The number of nitrogens with one attached hydrogen (secondary N) is 1. The second-order valence-corrected chi connectivity index (χ2v) is 7.27. The Morgan fingerprint density at radius 3 is 2.46 bits per heavy atom. The van der Waals surface area contributed by atoms with E-state index in [0.29, 0.717) is 18.7 Å². The first-order valence-electron chi connectivity index (χ1n) is 9.68. The molecule has 3 rings (SSSR count). The van der Waals surface area contributed by atoms with Gasteiger partial charge in [0.1, 0.15) is 5.75 Å². The monoisotopic (exact) mass is 422 g/mol. The van der Waals surface area contributed by atoms with Crippen LogP contribution in [0.3, 0.4) is 0 Å². The quantitative estimate of drug-likeness (QED) is 0.641. The van der Waals surface area contributed by atoms with E-state index in [1.165, 1.54) is 12.8 Å². The van der Waals surface area contributed by atoms with Gasteiger partial charge in [-0.05, 0) is 68.2 Å². The summed E-state index contributed by atoms with van der Waals surface area (Å²) in [7, 11) is 0. The predicted molar refractivity (Wildman–Crippen MR) is 117 cm³/mol. The normalized spacial score (nSPS) is 14.9. The van der Waals surface area contributed by atoms with Crippen LogP contribution in [0, 0.1) is 0 Å². The van der Waals surface area contributed by atoms with Crippen LogP contribution in [0.25, 0.3) is 0 Å². The summed E-state index contributed by atoms with van der Waals surface area (Å²) < 4.78 is 5.57. The molecule has 0 aromatic heterocycles. The van der Waals surface area contributed by atoms with E-state index >= 15 is 0 Å². The highest BCUT2D eigenvalue weighted by Crippen LogP contribution is 2.29. The average Bonchev–Trinajstić information content (AvgIpc) is 3.22. The Hall–Kier alpha value is -1.75. The molecule has 1 heterocycles. The van der Waals surface area contributed by atoms with Gasteiger partial charge in [-0.2, -0.15) is 0 Å². The third-order valence-corrected chi connectivity index (χ3v) is 5.24. The predicted octanol–water partition coefficient (Wildman–Crippen LogP) is 5.12. The summed E-state index contributed by atoms with van der Waals surface area (Å²) in [5.41, 5.74) is 1.71. The highest BCUT2D eigenvalue weighted by atomic mass is 35.5. The molecule has 1 atom stereocenters. The summed E-state index contributed by atoms with van der Waals surface area (Å²) in [5, 5.41) is 3.84. The van der Waals surface area contributed by atoms with Crippen molar-refractivity contribution in [3.05, 3.63) is 64.7 Å². The number of ether oxygens (including phenoxy) is 1. The standard InChI is InChI=1S/C22H27ClN2O2.ClH/c1-2-15-27-18-11-9-17(10-12-18)22(26)24-16-21(25-13-5-6-14-25)19-7-3-4-8-20(19)23;/h3-4,7-12,21H,2,5-6,13-16H2,1H3,(H,24,26);1H. The summed E-state index contributed by atoms with van der Waals surface area (Å²) in [5.74, 6) is 0.715. The van der Waals surface area contributed by atoms with Crippen LogP contribution in [0.15, 0.2) is 48.5 Å². The van der Waals surface area contributed by atoms with E-state index in [9.17, 15) is 4.79 Å². The third kappa shape index (κ3) is 5.87. The molecule has 28 heavy (non-hydrogen) atoms. The molecule has 1 fully saturated rings. The minimum absolute atomic E-state index is 0. The second-order valence-electron chi connectivity index (χ2n) is 6.86. The van der Waals surface area contributed by atoms with Crippen LogP contribution < -0.4 is 10.1 Å². The van der Waals surface area contributed by atoms with E-state index in [2.05, 4.69) is 23.2 Å². The van der Waals surface area contributed by atoms with Gasteiger partial charge in [-0.15, -0.1) is 12.4 Å². The van der Waals surface area contributed by atoms with E-state index in [4.69, 9.17) is 16.3 Å². The molecule has 6 heteroatoms. The zero-order chi connectivity index (χ0) is 19.1. The van der Waals surface area contributed by atoms with Crippen molar-refractivity contribution < 1.29 is 9.53 Å². The zero-order valence-corrected chi connectivity index (χ0v) is 17.8. The Morgan fingerprint density at radius 1 is 1.14 bits per heavy atom. The van der Waals surface area contributed by atoms with Crippen LogP contribution in [-0.4, -0.2) is 37.0 Å². The van der Waals surface area contributed by atoms with E-state index in [0.717, 1.165) is 35.8 Å². The lowest BCUT2D eigenvalue weighted by Crippen LogP contribution is -2.37. The number of benzene rings is 2. The van der Waals surface area contributed by atoms with Crippen LogP contribution in [-0.2, 0) is 0 Å². The topological polar surface area (TPSA) is 41.6 Å². The lowest BCUT2D eigenvalue weighted by Gasteiger charge is -2.29. The minimum atomic E-state index is -0.0757. The van der Waals surface area contributed by atoms with Gasteiger partial charge >= 0.3 is 0 Å². The number of carbonyl (C=O) groups excluding carboxylic acids is 1. The average molecular weight is 423 g/mol. The number of halogens is 2. The third-order valence-electron chi connectivity index (χ3n) is 4.89. The van der Waals surface area contributed by atoms with E-state index in [-0.39, 0.29) is 24.4 Å². The number of carbonyl (C=O) groups is 1. The Labute approximate surface area is 178 Å². The number of amides is 1. The van der Waals surface area contributed by atoms with Crippen LogP contribution in [0.5, 0.6) is 5.75 Å². The lowest BCUT2D eigenvalue weighted by atomic mass is 10.0. The van der Waals surface area contributed by atoms with Crippen molar-refractivity contribution in [2.24, 2.45) is 0 Å². The molecule has 2 aromatic carbocycles. The first-order valence-corrected chi connectivity index (χ1v) is 10.1.